The van der Waals surface area contributed by atoms with Crippen molar-refractivity contribution in [2.75, 3.05) is 31.1 Å². The van der Waals surface area contributed by atoms with Crippen molar-refractivity contribution >= 4 is 11.7 Å². The van der Waals surface area contributed by atoms with Crippen LogP contribution in [-0.2, 0) is 4.74 Å². The van der Waals surface area contributed by atoms with E-state index < -0.39 is 0 Å². The maximum Gasteiger partial charge on any atom is 0.316 e. The van der Waals surface area contributed by atoms with Crippen molar-refractivity contribution < 1.29 is 14.1 Å². The van der Waals surface area contributed by atoms with Crippen LogP contribution in [0.25, 0.3) is 11.4 Å². The summed E-state index contributed by atoms with van der Waals surface area (Å²) in [6, 6.07) is 3.77. The van der Waals surface area contributed by atoms with Crippen LogP contribution in [0.2, 0.25) is 0 Å². The van der Waals surface area contributed by atoms with Crippen LogP contribution in [0.15, 0.2) is 22.9 Å². The molecule has 138 valence electrons. The zero-order valence-electron chi connectivity index (χ0n) is 14.7. The molecule has 2 aliphatic rings. The fraction of sp³-hybridized carbons (Fsp3) is 0.556. The first-order chi connectivity index (χ1) is 12.8. The molecule has 8 nitrogen and oxygen atoms in total. The fourth-order valence-corrected chi connectivity index (χ4v) is 3.37. The van der Waals surface area contributed by atoms with Crippen LogP contribution in [0.4, 0.5) is 5.82 Å². The van der Waals surface area contributed by atoms with E-state index >= 15 is 0 Å². The Bertz CT molecular complexity index is 751. The van der Waals surface area contributed by atoms with E-state index in [0.717, 1.165) is 43.9 Å². The second-order valence-corrected chi connectivity index (χ2v) is 6.72. The first kappa shape index (κ1) is 17.0. The summed E-state index contributed by atoms with van der Waals surface area (Å²) < 4.78 is 10.6. The Hall–Kier alpha value is -2.48. The predicted molar refractivity (Wildman–Crippen MR) is 94.9 cm³/mol. The zero-order valence-corrected chi connectivity index (χ0v) is 14.7. The highest BCUT2D eigenvalue weighted by molar-refractivity contribution is 5.89. The molecule has 2 saturated heterocycles. The Labute approximate surface area is 151 Å². The quantitative estimate of drug-likeness (QED) is 0.875. The molecule has 1 amide bonds. The molecule has 1 atom stereocenters. The molecule has 1 unspecified atom stereocenters. The summed E-state index contributed by atoms with van der Waals surface area (Å²) in [6.45, 7) is 3.25. The van der Waals surface area contributed by atoms with Crippen molar-refractivity contribution in [3.05, 3.63) is 24.2 Å². The van der Waals surface area contributed by atoms with Gasteiger partial charge in [0.2, 0.25) is 5.82 Å². The van der Waals surface area contributed by atoms with Gasteiger partial charge in [0.1, 0.15) is 5.82 Å². The first-order valence-electron chi connectivity index (χ1n) is 9.24. The summed E-state index contributed by atoms with van der Waals surface area (Å²) in [5.74, 6) is 0.906. The smallest absolute Gasteiger partial charge is 0.316 e. The summed E-state index contributed by atoms with van der Waals surface area (Å²) in [4.78, 5) is 23.1. The fourth-order valence-electron chi connectivity index (χ4n) is 3.37. The van der Waals surface area contributed by atoms with Crippen molar-refractivity contribution in [2.45, 2.75) is 38.2 Å². The highest BCUT2D eigenvalue weighted by atomic mass is 16.5. The monoisotopic (exact) mass is 357 g/mol. The van der Waals surface area contributed by atoms with E-state index in [1.807, 2.05) is 12.1 Å². The molecule has 4 rings (SSSR count). The third kappa shape index (κ3) is 3.85. The highest BCUT2D eigenvalue weighted by Crippen LogP contribution is 2.23. The number of anilines is 1. The SMILES string of the molecule is O=C(NCC1CCCO1)c1nc(-c2ccnc(N3CCCCC3)c2)no1. The second kappa shape index (κ2) is 7.82. The standard InChI is InChI=1S/C18H23N5O3/c24-17(20-12-14-5-4-10-25-14)18-21-16(22-26-18)13-6-7-19-15(11-13)23-8-2-1-3-9-23/h6-7,11,14H,1-5,8-10,12H2,(H,20,24). The van der Waals surface area contributed by atoms with Crippen molar-refractivity contribution in [1.29, 1.82) is 0 Å². The van der Waals surface area contributed by atoms with E-state index in [1.54, 1.807) is 6.20 Å². The number of rotatable bonds is 5. The molecule has 0 saturated carbocycles. The number of nitrogens with zero attached hydrogens (tertiary/aromatic N) is 4. The number of pyridine rings is 1. The van der Waals surface area contributed by atoms with Crippen LogP contribution in [0, 0.1) is 0 Å². The van der Waals surface area contributed by atoms with E-state index in [9.17, 15) is 4.79 Å². The highest BCUT2D eigenvalue weighted by Gasteiger charge is 2.21. The molecule has 0 bridgehead atoms. The molecule has 2 aromatic heterocycles. The molecule has 0 aliphatic carbocycles. The molecule has 4 heterocycles. The molecule has 1 N–H and O–H groups in total. The number of hydrogen-bond acceptors (Lipinski definition) is 7. The molecular weight excluding hydrogens is 334 g/mol. The maximum atomic E-state index is 12.2. The van der Waals surface area contributed by atoms with Gasteiger partial charge in [-0.25, -0.2) is 4.98 Å². The number of hydrogen-bond donors (Lipinski definition) is 1. The average Bonchev–Trinajstić information content (AvgIpc) is 3.39. The minimum atomic E-state index is -0.371. The van der Waals surface area contributed by atoms with E-state index in [4.69, 9.17) is 9.26 Å². The number of amides is 1. The van der Waals surface area contributed by atoms with E-state index in [1.165, 1.54) is 19.3 Å². The molecule has 8 heteroatoms. The van der Waals surface area contributed by atoms with Gasteiger partial charge in [-0.3, -0.25) is 4.79 Å². The molecule has 2 fully saturated rings. The van der Waals surface area contributed by atoms with Gasteiger partial charge in [-0.1, -0.05) is 5.16 Å². The lowest BCUT2D eigenvalue weighted by molar-refractivity contribution is 0.0822. The molecular formula is C18H23N5O3. The van der Waals surface area contributed by atoms with E-state index in [2.05, 4.69) is 25.3 Å². The molecule has 26 heavy (non-hydrogen) atoms. The van der Waals surface area contributed by atoms with E-state index in [-0.39, 0.29) is 17.9 Å². The van der Waals surface area contributed by atoms with Gasteiger partial charge in [-0.2, -0.15) is 4.98 Å². The van der Waals surface area contributed by atoms with Crippen LogP contribution < -0.4 is 10.2 Å². The summed E-state index contributed by atoms with van der Waals surface area (Å²) in [7, 11) is 0. The third-order valence-corrected chi connectivity index (χ3v) is 4.82. The number of aromatic nitrogens is 3. The first-order valence-corrected chi connectivity index (χ1v) is 9.24. The number of carbonyl (C=O) groups excluding carboxylic acids is 1. The number of nitrogens with one attached hydrogen (secondary N) is 1. The van der Waals surface area contributed by atoms with Crippen LogP contribution in [-0.4, -0.2) is 53.4 Å². The van der Waals surface area contributed by atoms with Crippen molar-refractivity contribution in [1.82, 2.24) is 20.4 Å². The summed E-state index contributed by atoms with van der Waals surface area (Å²) in [5.41, 5.74) is 0.794. The van der Waals surface area contributed by atoms with Gasteiger partial charge in [0.25, 0.3) is 0 Å². The Balaban J connectivity index is 1.42. The summed E-state index contributed by atoms with van der Waals surface area (Å²) >= 11 is 0. The lowest BCUT2D eigenvalue weighted by atomic mass is 10.1. The maximum absolute atomic E-state index is 12.2. The lowest BCUT2D eigenvalue weighted by Crippen LogP contribution is -2.31. The van der Waals surface area contributed by atoms with Crippen LogP contribution in [0.3, 0.4) is 0 Å². The molecule has 0 radical (unpaired) electrons. The van der Waals surface area contributed by atoms with Gasteiger partial charge >= 0.3 is 11.8 Å². The number of carbonyl (C=O) groups is 1. The lowest BCUT2D eigenvalue weighted by Gasteiger charge is -2.27. The summed E-state index contributed by atoms with van der Waals surface area (Å²) in [6.07, 6.45) is 7.46. The molecule has 2 aromatic rings. The van der Waals surface area contributed by atoms with Crippen molar-refractivity contribution in [3.63, 3.8) is 0 Å². The topological polar surface area (TPSA) is 93.4 Å². The Morgan fingerprint density at radius 2 is 2.15 bits per heavy atom. The van der Waals surface area contributed by atoms with Gasteiger partial charge in [-0.05, 0) is 44.2 Å². The normalized spacial score (nSPS) is 20.3. The predicted octanol–water partition coefficient (Wildman–Crippen LogP) is 2.03. The number of ether oxygens (including phenoxy) is 1. The van der Waals surface area contributed by atoms with Crippen LogP contribution >= 0.6 is 0 Å². The minimum Gasteiger partial charge on any atom is -0.376 e. The Kier molecular flexibility index (Phi) is 5.10. The second-order valence-electron chi connectivity index (χ2n) is 6.72. The largest absolute Gasteiger partial charge is 0.376 e. The Morgan fingerprint density at radius 1 is 1.27 bits per heavy atom. The summed E-state index contributed by atoms with van der Waals surface area (Å²) in [5, 5.41) is 6.74. The number of piperidine rings is 1. The van der Waals surface area contributed by atoms with Gasteiger partial charge in [0, 0.05) is 38.0 Å². The Morgan fingerprint density at radius 3 is 2.96 bits per heavy atom. The molecule has 0 spiro atoms. The third-order valence-electron chi connectivity index (χ3n) is 4.82. The molecule has 2 aliphatic heterocycles. The van der Waals surface area contributed by atoms with Gasteiger partial charge in [0.05, 0.1) is 6.10 Å². The van der Waals surface area contributed by atoms with Gasteiger partial charge < -0.3 is 19.5 Å². The minimum absolute atomic E-state index is 0.0330. The average molecular weight is 357 g/mol. The van der Waals surface area contributed by atoms with Gasteiger partial charge in [0.15, 0.2) is 0 Å². The van der Waals surface area contributed by atoms with Crippen LogP contribution in [0.1, 0.15) is 42.8 Å². The van der Waals surface area contributed by atoms with Crippen molar-refractivity contribution in [3.8, 4) is 11.4 Å². The van der Waals surface area contributed by atoms with Crippen LogP contribution in [0.5, 0.6) is 0 Å². The molecule has 0 aromatic carbocycles. The van der Waals surface area contributed by atoms with Crippen molar-refractivity contribution in [2.24, 2.45) is 0 Å². The zero-order chi connectivity index (χ0) is 17.8. The van der Waals surface area contributed by atoms with E-state index in [0.29, 0.717) is 12.4 Å². The van der Waals surface area contributed by atoms with Gasteiger partial charge in [-0.15, -0.1) is 0 Å².